The summed E-state index contributed by atoms with van der Waals surface area (Å²) in [7, 11) is 0. The standard InChI is InChI=1S/C14H17N3O3S/c18-12(17-7-3-1-2-4-8-17)10-21-14-16-15-13(20-14)11-6-5-9-19-11/h5-6,9H,1-4,7-8,10H2. The van der Waals surface area contributed by atoms with E-state index in [1.165, 1.54) is 24.6 Å². The number of thioether (sulfide) groups is 1. The first kappa shape index (κ1) is 14.2. The van der Waals surface area contributed by atoms with Crippen molar-refractivity contribution in [2.24, 2.45) is 0 Å². The lowest BCUT2D eigenvalue weighted by molar-refractivity contribution is -0.128. The molecule has 0 unspecified atom stereocenters. The molecule has 1 saturated heterocycles. The third kappa shape index (κ3) is 3.66. The Labute approximate surface area is 126 Å². The van der Waals surface area contributed by atoms with Crippen LogP contribution in [-0.4, -0.2) is 39.8 Å². The van der Waals surface area contributed by atoms with Crippen LogP contribution in [0.4, 0.5) is 0 Å². The van der Waals surface area contributed by atoms with Crippen molar-refractivity contribution < 1.29 is 13.6 Å². The number of furan rings is 1. The molecule has 3 heterocycles. The highest BCUT2D eigenvalue weighted by Crippen LogP contribution is 2.23. The monoisotopic (exact) mass is 307 g/mol. The van der Waals surface area contributed by atoms with E-state index >= 15 is 0 Å². The lowest BCUT2D eigenvalue weighted by Gasteiger charge is -2.19. The van der Waals surface area contributed by atoms with Crippen molar-refractivity contribution in [3.05, 3.63) is 18.4 Å². The maximum absolute atomic E-state index is 12.2. The Bertz CT molecular complexity index is 574. The summed E-state index contributed by atoms with van der Waals surface area (Å²) in [5, 5.41) is 8.22. The lowest BCUT2D eigenvalue weighted by Crippen LogP contribution is -2.33. The number of nitrogens with zero attached hydrogens (tertiary/aromatic N) is 3. The second-order valence-electron chi connectivity index (χ2n) is 4.93. The van der Waals surface area contributed by atoms with Gasteiger partial charge >= 0.3 is 0 Å². The molecule has 0 saturated carbocycles. The average molecular weight is 307 g/mol. The highest BCUT2D eigenvalue weighted by Gasteiger charge is 2.17. The van der Waals surface area contributed by atoms with Crippen molar-refractivity contribution >= 4 is 17.7 Å². The van der Waals surface area contributed by atoms with Gasteiger partial charge in [0.1, 0.15) is 0 Å². The molecule has 0 spiro atoms. The topological polar surface area (TPSA) is 72.4 Å². The summed E-state index contributed by atoms with van der Waals surface area (Å²) < 4.78 is 10.7. The Balaban J connectivity index is 1.54. The highest BCUT2D eigenvalue weighted by molar-refractivity contribution is 7.99. The molecule has 7 heteroatoms. The van der Waals surface area contributed by atoms with E-state index in [9.17, 15) is 4.79 Å². The van der Waals surface area contributed by atoms with Gasteiger partial charge in [-0.1, -0.05) is 24.6 Å². The molecule has 1 amide bonds. The number of hydrogen-bond acceptors (Lipinski definition) is 6. The molecular weight excluding hydrogens is 290 g/mol. The zero-order valence-corrected chi connectivity index (χ0v) is 12.5. The summed E-state index contributed by atoms with van der Waals surface area (Å²) in [4.78, 5) is 14.1. The van der Waals surface area contributed by atoms with Gasteiger partial charge in [0.05, 0.1) is 12.0 Å². The van der Waals surface area contributed by atoms with E-state index in [-0.39, 0.29) is 5.91 Å². The maximum Gasteiger partial charge on any atom is 0.284 e. The van der Waals surface area contributed by atoms with Crippen LogP contribution in [0.15, 0.2) is 32.5 Å². The number of aromatic nitrogens is 2. The van der Waals surface area contributed by atoms with Gasteiger partial charge in [0, 0.05) is 13.1 Å². The smallest absolute Gasteiger partial charge is 0.284 e. The van der Waals surface area contributed by atoms with E-state index in [1.807, 2.05) is 4.90 Å². The number of carbonyl (C=O) groups excluding carboxylic acids is 1. The van der Waals surface area contributed by atoms with E-state index in [2.05, 4.69) is 10.2 Å². The van der Waals surface area contributed by atoms with E-state index in [1.54, 1.807) is 18.4 Å². The van der Waals surface area contributed by atoms with Crippen LogP contribution in [0.1, 0.15) is 25.7 Å². The third-order valence-electron chi connectivity index (χ3n) is 3.42. The van der Waals surface area contributed by atoms with Crippen LogP contribution < -0.4 is 0 Å². The molecule has 3 rings (SSSR count). The minimum absolute atomic E-state index is 0.139. The lowest BCUT2D eigenvalue weighted by atomic mass is 10.2. The number of rotatable bonds is 4. The second-order valence-corrected chi connectivity index (χ2v) is 5.86. The first-order chi connectivity index (χ1) is 10.3. The van der Waals surface area contributed by atoms with Gasteiger partial charge in [0.25, 0.3) is 11.1 Å². The third-order valence-corrected chi connectivity index (χ3v) is 4.22. The highest BCUT2D eigenvalue weighted by atomic mass is 32.2. The molecule has 21 heavy (non-hydrogen) atoms. The molecule has 1 fully saturated rings. The van der Waals surface area contributed by atoms with Crippen LogP contribution in [0.2, 0.25) is 0 Å². The van der Waals surface area contributed by atoms with Gasteiger partial charge in [-0.25, -0.2) is 0 Å². The molecule has 0 radical (unpaired) electrons. The van der Waals surface area contributed by atoms with E-state index in [4.69, 9.17) is 8.83 Å². The largest absolute Gasteiger partial charge is 0.459 e. The minimum atomic E-state index is 0.139. The van der Waals surface area contributed by atoms with Crippen molar-refractivity contribution in [3.8, 4) is 11.7 Å². The molecule has 2 aromatic heterocycles. The van der Waals surface area contributed by atoms with Gasteiger partial charge in [0.15, 0.2) is 5.76 Å². The van der Waals surface area contributed by atoms with Crippen molar-refractivity contribution in [2.45, 2.75) is 30.9 Å². The molecule has 2 aromatic rings. The molecule has 0 bridgehead atoms. The average Bonchev–Trinajstić information content (AvgIpc) is 3.11. The molecule has 1 aliphatic rings. The van der Waals surface area contributed by atoms with Gasteiger partial charge in [-0.2, -0.15) is 0 Å². The Morgan fingerprint density at radius 3 is 2.76 bits per heavy atom. The summed E-state index contributed by atoms with van der Waals surface area (Å²) in [6.07, 6.45) is 6.18. The van der Waals surface area contributed by atoms with Crippen LogP contribution in [-0.2, 0) is 4.79 Å². The normalized spacial score (nSPS) is 15.9. The Morgan fingerprint density at radius 2 is 2.05 bits per heavy atom. The van der Waals surface area contributed by atoms with Crippen molar-refractivity contribution in [2.75, 3.05) is 18.8 Å². The van der Waals surface area contributed by atoms with Crippen LogP contribution >= 0.6 is 11.8 Å². The quantitative estimate of drug-likeness (QED) is 0.809. The predicted molar refractivity (Wildman–Crippen MR) is 77.8 cm³/mol. The molecular formula is C14H17N3O3S. The van der Waals surface area contributed by atoms with Crippen LogP contribution in [0.3, 0.4) is 0 Å². The molecule has 0 aliphatic carbocycles. The summed E-state index contributed by atoms with van der Waals surface area (Å²) in [6, 6.07) is 3.51. The van der Waals surface area contributed by atoms with Crippen LogP contribution in [0.5, 0.6) is 0 Å². The minimum Gasteiger partial charge on any atom is -0.459 e. The number of amides is 1. The summed E-state index contributed by atoms with van der Waals surface area (Å²) in [5.74, 6) is 1.34. The van der Waals surface area contributed by atoms with Gasteiger partial charge < -0.3 is 13.7 Å². The second kappa shape index (κ2) is 6.80. The van der Waals surface area contributed by atoms with Crippen molar-refractivity contribution in [1.29, 1.82) is 0 Å². The predicted octanol–water partition coefficient (Wildman–Crippen LogP) is 2.82. The molecule has 0 atom stereocenters. The zero-order chi connectivity index (χ0) is 14.5. The van der Waals surface area contributed by atoms with Crippen molar-refractivity contribution in [3.63, 3.8) is 0 Å². The van der Waals surface area contributed by atoms with Crippen LogP contribution in [0.25, 0.3) is 11.7 Å². The van der Waals surface area contributed by atoms with Gasteiger partial charge in [-0.05, 0) is 25.0 Å². The van der Waals surface area contributed by atoms with Gasteiger partial charge in [-0.15, -0.1) is 10.2 Å². The maximum atomic E-state index is 12.2. The SMILES string of the molecule is O=C(CSc1nnc(-c2ccco2)o1)N1CCCCCC1. The number of hydrogen-bond donors (Lipinski definition) is 0. The number of likely N-dealkylation sites (tertiary alicyclic amines) is 1. The Hall–Kier alpha value is -1.76. The molecule has 112 valence electrons. The summed E-state index contributed by atoms with van der Waals surface area (Å²) >= 11 is 1.27. The number of carbonyl (C=O) groups is 1. The molecule has 0 aromatic carbocycles. The zero-order valence-electron chi connectivity index (χ0n) is 11.7. The fourth-order valence-corrected chi connectivity index (χ4v) is 2.97. The van der Waals surface area contributed by atoms with Gasteiger partial charge in [-0.3, -0.25) is 4.79 Å². The first-order valence-corrected chi connectivity index (χ1v) is 8.09. The van der Waals surface area contributed by atoms with E-state index < -0.39 is 0 Å². The summed E-state index contributed by atoms with van der Waals surface area (Å²) in [6.45, 7) is 1.72. The molecule has 6 nitrogen and oxygen atoms in total. The van der Waals surface area contributed by atoms with Gasteiger partial charge in [0.2, 0.25) is 5.91 Å². The first-order valence-electron chi connectivity index (χ1n) is 7.11. The van der Waals surface area contributed by atoms with E-state index in [0.29, 0.717) is 22.6 Å². The summed E-state index contributed by atoms with van der Waals surface area (Å²) in [5.41, 5.74) is 0. The molecule has 1 aliphatic heterocycles. The fraction of sp³-hybridized carbons (Fsp3) is 0.500. The Kier molecular flexibility index (Phi) is 4.59. The van der Waals surface area contributed by atoms with Crippen LogP contribution in [0, 0.1) is 0 Å². The Morgan fingerprint density at radius 1 is 1.24 bits per heavy atom. The van der Waals surface area contributed by atoms with Crippen molar-refractivity contribution in [1.82, 2.24) is 15.1 Å². The van der Waals surface area contributed by atoms with E-state index in [0.717, 1.165) is 25.9 Å². The molecule has 0 N–H and O–H groups in total. The fourth-order valence-electron chi connectivity index (χ4n) is 2.30.